The van der Waals surface area contributed by atoms with E-state index in [0.717, 1.165) is 16.5 Å². The smallest absolute Gasteiger partial charge is 0.344 e. The number of aryl methyl sites for hydroxylation is 1. The molecule has 31 heavy (non-hydrogen) atoms. The van der Waals surface area contributed by atoms with Crippen molar-refractivity contribution in [3.8, 4) is 16.9 Å². The molecule has 2 N–H and O–H groups in total. The molecule has 3 aromatic rings. The van der Waals surface area contributed by atoms with E-state index in [1.54, 1.807) is 32.0 Å². The molecule has 7 heteroatoms. The van der Waals surface area contributed by atoms with Crippen LogP contribution in [0.15, 0.2) is 57.7 Å². The summed E-state index contributed by atoms with van der Waals surface area (Å²) < 4.78 is 22.5. The summed E-state index contributed by atoms with van der Waals surface area (Å²) in [5, 5.41) is 21.6. The van der Waals surface area contributed by atoms with Gasteiger partial charge >= 0.3 is 5.63 Å². The maximum absolute atomic E-state index is 12.7. The van der Waals surface area contributed by atoms with Crippen molar-refractivity contribution in [2.24, 2.45) is 0 Å². The van der Waals surface area contributed by atoms with Crippen LogP contribution in [0.1, 0.15) is 19.4 Å². The van der Waals surface area contributed by atoms with Crippen LogP contribution in [-0.2, 0) is 9.47 Å². The summed E-state index contributed by atoms with van der Waals surface area (Å²) in [6, 6.07) is 14.4. The summed E-state index contributed by atoms with van der Waals surface area (Å²) in [5.74, 6) is 0.338. The summed E-state index contributed by atoms with van der Waals surface area (Å²) in [7, 11) is 1.45. The first-order valence-electron chi connectivity index (χ1n) is 10.1. The highest BCUT2D eigenvalue weighted by Crippen LogP contribution is 2.34. The minimum atomic E-state index is -1.32. The molecular formula is C24H26O7. The van der Waals surface area contributed by atoms with Gasteiger partial charge in [-0.15, -0.1) is 0 Å². The first-order chi connectivity index (χ1) is 14.7. The van der Waals surface area contributed by atoms with E-state index in [-0.39, 0.29) is 0 Å². The van der Waals surface area contributed by atoms with Crippen molar-refractivity contribution in [2.75, 3.05) is 7.11 Å². The summed E-state index contributed by atoms with van der Waals surface area (Å²) in [4.78, 5) is 12.7. The SMILES string of the molecule is COC1C(O)C(O)C(Oc2ccc3c(C)c(-c4ccccc4)c(=O)oc3c2)OC1(C)C. The Morgan fingerprint density at radius 3 is 2.42 bits per heavy atom. The number of aliphatic hydroxyl groups is 2. The summed E-state index contributed by atoms with van der Waals surface area (Å²) >= 11 is 0. The van der Waals surface area contributed by atoms with Gasteiger partial charge in [0.2, 0.25) is 6.29 Å². The van der Waals surface area contributed by atoms with E-state index in [0.29, 0.717) is 16.9 Å². The third-order valence-electron chi connectivity index (χ3n) is 5.75. The van der Waals surface area contributed by atoms with Crippen molar-refractivity contribution in [1.29, 1.82) is 0 Å². The minimum absolute atomic E-state index is 0.338. The van der Waals surface area contributed by atoms with Crippen LogP contribution in [0, 0.1) is 6.92 Å². The molecule has 0 amide bonds. The Morgan fingerprint density at radius 2 is 1.74 bits per heavy atom. The number of hydrogen-bond acceptors (Lipinski definition) is 7. The highest BCUT2D eigenvalue weighted by atomic mass is 16.7. The average Bonchev–Trinajstić information content (AvgIpc) is 2.72. The second-order valence-electron chi connectivity index (χ2n) is 8.26. The van der Waals surface area contributed by atoms with Crippen molar-refractivity contribution in [3.63, 3.8) is 0 Å². The molecular weight excluding hydrogens is 400 g/mol. The fourth-order valence-electron chi connectivity index (χ4n) is 4.19. The number of fused-ring (bicyclic) bond motifs is 1. The van der Waals surface area contributed by atoms with E-state index in [1.165, 1.54) is 7.11 Å². The number of aliphatic hydroxyl groups excluding tert-OH is 2. The molecule has 164 valence electrons. The molecule has 2 heterocycles. The molecule has 2 aromatic carbocycles. The number of ether oxygens (including phenoxy) is 3. The predicted molar refractivity (Wildman–Crippen MR) is 115 cm³/mol. The van der Waals surface area contributed by atoms with Gasteiger partial charge in [-0.3, -0.25) is 0 Å². The Morgan fingerprint density at radius 1 is 1.03 bits per heavy atom. The number of methoxy groups -OCH3 is 1. The maximum atomic E-state index is 12.7. The second kappa shape index (κ2) is 8.09. The normalized spacial score (nSPS) is 25.5. The van der Waals surface area contributed by atoms with E-state index < -0.39 is 35.8 Å². The first kappa shape index (κ1) is 21.5. The zero-order valence-corrected chi connectivity index (χ0v) is 17.9. The lowest BCUT2D eigenvalue weighted by molar-refractivity contribution is -0.305. The molecule has 0 spiro atoms. The van der Waals surface area contributed by atoms with Crippen LogP contribution < -0.4 is 10.4 Å². The van der Waals surface area contributed by atoms with Crippen molar-refractivity contribution < 1.29 is 28.8 Å². The topological polar surface area (TPSA) is 98.4 Å². The van der Waals surface area contributed by atoms with E-state index in [4.69, 9.17) is 18.6 Å². The van der Waals surface area contributed by atoms with E-state index in [1.807, 2.05) is 37.3 Å². The molecule has 1 fully saturated rings. The number of benzene rings is 2. The van der Waals surface area contributed by atoms with Gasteiger partial charge < -0.3 is 28.8 Å². The van der Waals surface area contributed by atoms with E-state index in [2.05, 4.69) is 0 Å². The van der Waals surface area contributed by atoms with Crippen LogP contribution in [0.25, 0.3) is 22.1 Å². The quantitative estimate of drug-likeness (QED) is 0.619. The van der Waals surface area contributed by atoms with Crippen LogP contribution in [0.3, 0.4) is 0 Å². The highest BCUT2D eigenvalue weighted by Gasteiger charge is 2.50. The average molecular weight is 426 g/mol. The van der Waals surface area contributed by atoms with Gasteiger partial charge in [0, 0.05) is 18.6 Å². The van der Waals surface area contributed by atoms with Gasteiger partial charge in [0.25, 0.3) is 0 Å². The van der Waals surface area contributed by atoms with E-state index in [9.17, 15) is 15.0 Å². The van der Waals surface area contributed by atoms with Gasteiger partial charge in [0.05, 0.1) is 11.2 Å². The van der Waals surface area contributed by atoms with Gasteiger partial charge in [-0.1, -0.05) is 30.3 Å². The molecule has 0 bridgehead atoms. The van der Waals surface area contributed by atoms with E-state index >= 15 is 0 Å². The Hall–Kier alpha value is -2.71. The van der Waals surface area contributed by atoms with Crippen LogP contribution in [-0.4, -0.2) is 47.5 Å². The first-order valence-corrected chi connectivity index (χ1v) is 10.1. The zero-order chi connectivity index (χ0) is 22.3. The molecule has 1 aliphatic heterocycles. The number of hydrogen-bond donors (Lipinski definition) is 2. The van der Waals surface area contributed by atoms with Crippen molar-refractivity contribution in [1.82, 2.24) is 0 Å². The molecule has 0 radical (unpaired) electrons. The summed E-state index contributed by atoms with van der Waals surface area (Å²) in [6.45, 7) is 5.38. The van der Waals surface area contributed by atoms with Crippen molar-refractivity contribution in [2.45, 2.75) is 51.0 Å². The second-order valence-corrected chi connectivity index (χ2v) is 8.26. The fraction of sp³-hybridized carbons (Fsp3) is 0.375. The highest BCUT2D eigenvalue weighted by molar-refractivity contribution is 5.87. The zero-order valence-electron chi connectivity index (χ0n) is 17.9. The maximum Gasteiger partial charge on any atom is 0.344 e. The Bertz CT molecular complexity index is 1140. The molecule has 1 aromatic heterocycles. The third-order valence-corrected chi connectivity index (χ3v) is 5.75. The standard InChI is InChI=1S/C24H26O7/c1-13-16-11-10-15(29-23-20(26)19(25)21(28-4)24(2,3)31-23)12-17(16)30-22(27)18(13)14-8-6-5-7-9-14/h5-12,19-21,23,25-26H,1-4H3. The molecule has 0 aliphatic carbocycles. The minimum Gasteiger partial charge on any atom is -0.462 e. The van der Waals surface area contributed by atoms with Gasteiger partial charge in [-0.25, -0.2) is 4.79 Å². The molecule has 0 saturated carbocycles. The Balaban J connectivity index is 1.67. The summed E-state index contributed by atoms with van der Waals surface area (Å²) in [5.41, 5.74) is 1.14. The molecule has 4 atom stereocenters. The van der Waals surface area contributed by atoms with Crippen molar-refractivity contribution in [3.05, 3.63) is 64.5 Å². The van der Waals surface area contributed by atoms with Gasteiger partial charge in [0.1, 0.15) is 29.6 Å². The Labute approximate surface area is 179 Å². The monoisotopic (exact) mass is 426 g/mol. The predicted octanol–water partition coefficient (Wildman–Crippen LogP) is 3.02. The molecule has 1 aliphatic rings. The lowest BCUT2D eigenvalue weighted by Crippen LogP contribution is -2.63. The molecule has 4 rings (SSSR count). The lowest BCUT2D eigenvalue weighted by Gasteiger charge is -2.46. The van der Waals surface area contributed by atoms with Gasteiger partial charge in [-0.05, 0) is 44.0 Å². The summed E-state index contributed by atoms with van der Waals surface area (Å²) in [6.07, 6.45) is -4.34. The lowest BCUT2D eigenvalue weighted by atomic mass is 9.89. The third kappa shape index (κ3) is 3.85. The van der Waals surface area contributed by atoms with Gasteiger partial charge in [-0.2, -0.15) is 0 Å². The molecule has 1 saturated heterocycles. The van der Waals surface area contributed by atoms with Crippen molar-refractivity contribution >= 4 is 11.0 Å². The van der Waals surface area contributed by atoms with Crippen LogP contribution >= 0.6 is 0 Å². The fourth-order valence-corrected chi connectivity index (χ4v) is 4.19. The van der Waals surface area contributed by atoms with Crippen LogP contribution in [0.2, 0.25) is 0 Å². The molecule has 4 unspecified atom stereocenters. The van der Waals surface area contributed by atoms with Crippen LogP contribution in [0.4, 0.5) is 0 Å². The number of rotatable bonds is 4. The largest absolute Gasteiger partial charge is 0.462 e. The van der Waals surface area contributed by atoms with Crippen LogP contribution in [0.5, 0.6) is 5.75 Å². The van der Waals surface area contributed by atoms with Gasteiger partial charge in [0.15, 0.2) is 0 Å². The molecule has 7 nitrogen and oxygen atoms in total. The Kier molecular flexibility index (Phi) is 5.61.